The van der Waals surface area contributed by atoms with Gasteiger partial charge in [0.15, 0.2) is 0 Å². The van der Waals surface area contributed by atoms with Crippen LogP contribution >= 0.6 is 0 Å². The Morgan fingerprint density at radius 1 is 1.38 bits per heavy atom. The van der Waals surface area contributed by atoms with E-state index in [4.69, 9.17) is 4.74 Å². The van der Waals surface area contributed by atoms with Gasteiger partial charge >= 0.3 is 5.97 Å². The zero-order valence-electron chi connectivity index (χ0n) is 10.5. The second kappa shape index (κ2) is 5.64. The van der Waals surface area contributed by atoms with Crippen LogP contribution < -0.4 is 5.32 Å². The van der Waals surface area contributed by atoms with Gasteiger partial charge in [-0.25, -0.2) is 0 Å². The van der Waals surface area contributed by atoms with Gasteiger partial charge in [-0.1, -0.05) is 13.8 Å². The predicted molar refractivity (Wildman–Crippen MR) is 62.5 cm³/mol. The normalized spacial score (nSPS) is 22.0. The third-order valence-corrected chi connectivity index (χ3v) is 3.10. The average Bonchev–Trinajstić information content (AvgIpc) is 2.17. The molecule has 1 rings (SSSR count). The van der Waals surface area contributed by atoms with Gasteiger partial charge in [0.25, 0.3) is 0 Å². The van der Waals surface area contributed by atoms with Crippen molar-refractivity contribution in [1.29, 1.82) is 0 Å². The molecule has 1 fully saturated rings. The number of aliphatic carboxylic acids is 1. The quantitative estimate of drug-likeness (QED) is 0.752. The Hall–Kier alpha value is -0.610. The van der Waals surface area contributed by atoms with Crippen molar-refractivity contribution in [3.05, 3.63) is 0 Å². The van der Waals surface area contributed by atoms with Crippen LogP contribution in [0, 0.1) is 5.92 Å². The van der Waals surface area contributed by atoms with Gasteiger partial charge < -0.3 is 9.84 Å². The first-order chi connectivity index (χ1) is 7.46. The van der Waals surface area contributed by atoms with Crippen molar-refractivity contribution in [1.82, 2.24) is 5.32 Å². The van der Waals surface area contributed by atoms with E-state index >= 15 is 0 Å². The van der Waals surface area contributed by atoms with Crippen LogP contribution in [0.4, 0.5) is 0 Å². The molecule has 4 nitrogen and oxygen atoms in total. The molecule has 0 aromatic heterocycles. The van der Waals surface area contributed by atoms with Crippen LogP contribution in [0.25, 0.3) is 0 Å². The number of rotatable bonds is 5. The summed E-state index contributed by atoms with van der Waals surface area (Å²) in [6, 6.07) is 0.231. The molecule has 1 heterocycles. The molecule has 1 atom stereocenters. The standard InChI is InChI=1S/C12H23NO3/c1-9(2)8-10(3)13-12(11(14)15)4-6-16-7-5-12/h9-10,13H,4-8H2,1-3H3,(H,14,15). The average molecular weight is 229 g/mol. The van der Waals surface area contributed by atoms with E-state index in [9.17, 15) is 9.90 Å². The van der Waals surface area contributed by atoms with E-state index in [0.29, 0.717) is 32.0 Å². The maximum atomic E-state index is 11.4. The van der Waals surface area contributed by atoms with Gasteiger partial charge in [0, 0.05) is 19.3 Å². The molecule has 4 heteroatoms. The highest BCUT2D eigenvalue weighted by atomic mass is 16.5. The predicted octanol–water partition coefficient (Wildman–Crippen LogP) is 1.64. The van der Waals surface area contributed by atoms with Crippen molar-refractivity contribution in [3.8, 4) is 0 Å². The molecule has 2 N–H and O–H groups in total. The molecule has 0 aromatic rings. The van der Waals surface area contributed by atoms with Gasteiger partial charge in [-0.05, 0) is 32.1 Å². The smallest absolute Gasteiger partial charge is 0.324 e. The number of ether oxygens (including phenoxy) is 1. The number of carboxylic acids is 1. The summed E-state index contributed by atoms with van der Waals surface area (Å²) in [5, 5.41) is 12.6. The summed E-state index contributed by atoms with van der Waals surface area (Å²) in [6.45, 7) is 7.42. The summed E-state index contributed by atoms with van der Waals surface area (Å²) in [5.74, 6) is -0.167. The van der Waals surface area contributed by atoms with Crippen LogP contribution in [0.15, 0.2) is 0 Å². The van der Waals surface area contributed by atoms with Crippen LogP contribution in [-0.2, 0) is 9.53 Å². The zero-order valence-corrected chi connectivity index (χ0v) is 10.5. The first kappa shape index (κ1) is 13.5. The molecule has 1 saturated heterocycles. The minimum absolute atomic E-state index is 0.231. The first-order valence-corrected chi connectivity index (χ1v) is 6.05. The molecule has 1 aliphatic heterocycles. The van der Waals surface area contributed by atoms with E-state index < -0.39 is 11.5 Å². The van der Waals surface area contributed by atoms with Crippen LogP contribution in [0.1, 0.15) is 40.0 Å². The van der Waals surface area contributed by atoms with E-state index in [1.54, 1.807) is 0 Å². The number of hydrogen-bond acceptors (Lipinski definition) is 3. The fourth-order valence-electron chi connectivity index (χ4n) is 2.38. The first-order valence-electron chi connectivity index (χ1n) is 6.05. The molecule has 0 saturated carbocycles. The van der Waals surface area contributed by atoms with Gasteiger partial charge in [0.05, 0.1) is 0 Å². The molecule has 0 aliphatic carbocycles. The van der Waals surface area contributed by atoms with Crippen molar-refractivity contribution in [2.75, 3.05) is 13.2 Å². The van der Waals surface area contributed by atoms with Crippen molar-refractivity contribution in [3.63, 3.8) is 0 Å². The summed E-state index contributed by atoms with van der Waals surface area (Å²) in [7, 11) is 0. The highest BCUT2D eigenvalue weighted by Crippen LogP contribution is 2.22. The van der Waals surface area contributed by atoms with Gasteiger partial charge in [0.1, 0.15) is 5.54 Å². The molecule has 0 amide bonds. The summed E-state index contributed by atoms with van der Waals surface area (Å²) < 4.78 is 5.23. The Bertz CT molecular complexity index is 234. The Morgan fingerprint density at radius 2 is 1.94 bits per heavy atom. The minimum Gasteiger partial charge on any atom is -0.480 e. The number of nitrogens with one attached hydrogen (secondary N) is 1. The summed E-state index contributed by atoms with van der Waals surface area (Å²) in [5.41, 5.74) is -0.771. The number of hydrogen-bond donors (Lipinski definition) is 2. The maximum absolute atomic E-state index is 11.4. The Kier molecular flexibility index (Phi) is 4.74. The number of carboxylic acid groups (broad SMARTS) is 1. The largest absolute Gasteiger partial charge is 0.480 e. The maximum Gasteiger partial charge on any atom is 0.324 e. The lowest BCUT2D eigenvalue weighted by atomic mass is 9.88. The molecule has 1 unspecified atom stereocenters. The second-order valence-electron chi connectivity index (χ2n) is 5.17. The van der Waals surface area contributed by atoms with Gasteiger partial charge in [0.2, 0.25) is 0 Å². The van der Waals surface area contributed by atoms with E-state index in [2.05, 4.69) is 26.1 Å². The summed E-state index contributed by atoms with van der Waals surface area (Å²) in [4.78, 5) is 11.4. The van der Waals surface area contributed by atoms with Crippen molar-refractivity contribution >= 4 is 5.97 Å². The fourth-order valence-corrected chi connectivity index (χ4v) is 2.38. The molecule has 1 aliphatic rings. The van der Waals surface area contributed by atoms with E-state index in [-0.39, 0.29) is 6.04 Å². The fraction of sp³-hybridized carbons (Fsp3) is 0.917. The van der Waals surface area contributed by atoms with Crippen molar-refractivity contribution in [2.24, 2.45) is 5.92 Å². The lowest BCUT2D eigenvalue weighted by Crippen LogP contribution is -2.58. The molecule has 0 radical (unpaired) electrons. The van der Waals surface area contributed by atoms with E-state index in [1.807, 2.05) is 0 Å². The van der Waals surface area contributed by atoms with E-state index in [1.165, 1.54) is 0 Å². The van der Waals surface area contributed by atoms with Gasteiger partial charge in [-0.15, -0.1) is 0 Å². The van der Waals surface area contributed by atoms with Crippen LogP contribution in [0.2, 0.25) is 0 Å². The molecular weight excluding hydrogens is 206 g/mol. The molecule has 0 spiro atoms. The van der Waals surface area contributed by atoms with E-state index in [0.717, 1.165) is 6.42 Å². The van der Waals surface area contributed by atoms with Crippen molar-refractivity contribution < 1.29 is 14.6 Å². The van der Waals surface area contributed by atoms with Crippen molar-refractivity contribution in [2.45, 2.75) is 51.6 Å². The number of carbonyl (C=O) groups is 1. The van der Waals surface area contributed by atoms with Crippen LogP contribution in [-0.4, -0.2) is 35.9 Å². The molecular formula is C12H23NO3. The topological polar surface area (TPSA) is 58.6 Å². The SMILES string of the molecule is CC(C)CC(C)NC1(C(=O)O)CCOCC1. The minimum atomic E-state index is -0.771. The third-order valence-electron chi connectivity index (χ3n) is 3.10. The van der Waals surface area contributed by atoms with Gasteiger partial charge in [-0.2, -0.15) is 0 Å². The Morgan fingerprint density at radius 3 is 2.38 bits per heavy atom. The monoisotopic (exact) mass is 229 g/mol. The Labute approximate surface area is 97.4 Å². The highest BCUT2D eigenvalue weighted by molar-refractivity contribution is 5.79. The molecule has 0 bridgehead atoms. The zero-order chi connectivity index (χ0) is 12.2. The highest BCUT2D eigenvalue weighted by Gasteiger charge is 2.40. The molecule has 0 aromatic carbocycles. The van der Waals surface area contributed by atoms with Gasteiger partial charge in [-0.3, -0.25) is 10.1 Å². The molecule has 16 heavy (non-hydrogen) atoms. The second-order valence-corrected chi connectivity index (χ2v) is 5.17. The van der Waals surface area contributed by atoms with Crippen LogP contribution in [0.5, 0.6) is 0 Å². The van der Waals surface area contributed by atoms with Crippen LogP contribution in [0.3, 0.4) is 0 Å². The lowest BCUT2D eigenvalue weighted by Gasteiger charge is -2.36. The summed E-state index contributed by atoms with van der Waals surface area (Å²) >= 11 is 0. The molecule has 94 valence electrons. The lowest BCUT2D eigenvalue weighted by molar-refractivity contribution is -0.149. The Balaban J connectivity index is 2.60. The summed E-state index contributed by atoms with van der Waals surface area (Å²) in [6.07, 6.45) is 2.12. The third kappa shape index (κ3) is 3.46.